The predicted molar refractivity (Wildman–Crippen MR) is 68.7 cm³/mol. The SMILES string of the molecule is CC(C)(C)C(=O)/C=C(/Nc1ccccc1)C(F)(F)F. The molecule has 0 aliphatic carbocycles. The molecule has 0 unspecified atom stereocenters. The first-order valence-corrected chi connectivity index (χ1v) is 5.76. The van der Waals surface area contributed by atoms with Crippen LogP contribution in [0.3, 0.4) is 0 Å². The Morgan fingerprint density at radius 1 is 1.11 bits per heavy atom. The van der Waals surface area contributed by atoms with Gasteiger partial charge in [0.2, 0.25) is 0 Å². The second-order valence-corrected chi connectivity index (χ2v) is 5.16. The number of carbonyl (C=O) groups excluding carboxylic acids is 1. The molecule has 0 radical (unpaired) electrons. The highest BCUT2D eigenvalue weighted by Gasteiger charge is 2.35. The molecule has 1 aromatic rings. The molecule has 0 saturated heterocycles. The van der Waals surface area contributed by atoms with E-state index in [-0.39, 0.29) is 5.69 Å². The summed E-state index contributed by atoms with van der Waals surface area (Å²) in [6, 6.07) is 7.93. The summed E-state index contributed by atoms with van der Waals surface area (Å²) in [4.78, 5) is 11.7. The lowest BCUT2D eigenvalue weighted by Gasteiger charge is -2.18. The van der Waals surface area contributed by atoms with E-state index in [2.05, 4.69) is 5.32 Å². The molecule has 19 heavy (non-hydrogen) atoms. The number of para-hydroxylation sites is 1. The minimum Gasteiger partial charge on any atom is -0.351 e. The van der Waals surface area contributed by atoms with Crippen LogP contribution in [0.5, 0.6) is 0 Å². The van der Waals surface area contributed by atoms with Crippen LogP contribution in [0.25, 0.3) is 0 Å². The fraction of sp³-hybridized carbons (Fsp3) is 0.357. The van der Waals surface area contributed by atoms with E-state index in [1.165, 1.54) is 12.1 Å². The van der Waals surface area contributed by atoms with Crippen molar-refractivity contribution in [1.29, 1.82) is 0 Å². The summed E-state index contributed by atoms with van der Waals surface area (Å²) in [6.45, 7) is 4.72. The Hall–Kier alpha value is -1.78. The number of carbonyl (C=O) groups is 1. The Morgan fingerprint density at radius 3 is 2.05 bits per heavy atom. The highest BCUT2D eigenvalue weighted by molar-refractivity contribution is 5.95. The van der Waals surface area contributed by atoms with Gasteiger partial charge in [-0.25, -0.2) is 0 Å². The average molecular weight is 271 g/mol. The van der Waals surface area contributed by atoms with Crippen LogP contribution in [0.1, 0.15) is 20.8 Å². The second kappa shape index (κ2) is 5.47. The van der Waals surface area contributed by atoms with E-state index in [0.29, 0.717) is 6.08 Å². The molecule has 1 N–H and O–H groups in total. The molecule has 0 heterocycles. The zero-order valence-corrected chi connectivity index (χ0v) is 11.0. The number of hydrogen-bond donors (Lipinski definition) is 1. The average Bonchev–Trinajstić information content (AvgIpc) is 2.27. The maximum Gasteiger partial charge on any atom is 0.431 e. The quantitative estimate of drug-likeness (QED) is 0.836. The summed E-state index contributed by atoms with van der Waals surface area (Å²) >= 11 is 0. The summed E-state index contributed by atoms with van der Waals surface area (Å²) in [7, 11) is 0. The van der Waals surface area contributed by atoms with Crippen molar-refractivity contribution < 1.29 is 18.0 Å². The Kier molecular flexibility index (Phi) is 4.39. The van der Waals surface area contributed by atoms with Gasteiger partial charge in [-0.15, -0.1) is 0 Å². The molecule has 1 aromatic carbocycles. The molecule has 0 aromatic heterocycles. The van der Waals surface area contributed by atoms with Crippen LogP contribution in [0.15, 0.2) is 42.1 Å². The van der Waals surface area contributed by atoms with E-state index < -0.39 is 23.1 Å². The van der Waals surface area contributed by atoms with Gasteiger partial charge in [-0.05, 0) is 12.1 Å². The molecule has 0 amide bonds. The maximum absolute atomic E-state index is 12.9. The predicted octanol–water partition coefficient (Wildman–Crippen LogP) is 4.16. The van der Waals surface area contributed by atoms with Crippen LogP contribution >= 0.6 is 0 Å². The van der Waals surface area contributed by atoms with Crippen molar-refractivity contribution in [3.05, 3.63) is 42.1 Å². The number of anilines is 1. The molecular formula is C14H16F3NO. The summed E-state index contributed by atoms with van der Waals surface area (Å²) < 4.78 is 38.6. The van der Waals surface area contributed by atoms with Crippen molar-refractivity contribution >= 4 is 11.5 Å². The molecule has 0 aliphatic rings. The van der Waals surface area contributed by atoms with Crippen molar-refractivity contribution in [1.82, 2.24) is 0 Å². The first kappa shape index (κ1) is 15.3. The summed E-state index contributed by atoms with van der Waals surface area (Å²) in [5.74, 6) is -0.580. The highest BCUT2D eigenvalue weighted by Crippen LogP contribution is 2.28. The third kappa shape index (κ3) is 4.77. The van der Waals surface area contributed by atoms with Crippen molar-refractivity contribution in [3.8, 4) is 0 Å². The van der Waals surface area contributed by atoms with Crippen LogP contribution in [0.2, 0.25) is 0 Å². The van der Waals surface area contributed by atoms with Gasteiger partial charge in [-0.3, -0.25) is 4.79 Å². The molecule has 0 aliphatic heterocycles. The largest absolute Gasteiger partial charge is 0.431 e. The van der Waals surface area contributed by atoms with Gasteiger partial charge >= 0.3 is 6.18 Å². The van der Waals surface area contributed by atoms with Gasteiger partial charge in [-0.1, -0.05) is 39.0 Å². The fourth-order valence-electron chi connectivity index (χ4n) is 1.21. The minimum absolute atomic E-state index is 0.285. The third-order valence-corrected chi connectivity index (χ3v) is 2.37. The van der Waals surface area contributed by atoms with E-state index in [1.54, 1.807) is 39.0 Å². The molecule has 0 fully saturated rings. The number of allylic oxidation sites excluding steroid dienone is 2. The van der Waals surface area contributed by atoms with Crippen LogP contribution in [0, 0.1) is 5.41 Å². The smallest absolute Gasteiger partial charge is 0.351 e. The Bertz CT molecular complexity index is 470. The van der Waals surface area contributed by atoms with Gasteiger partial charge < -0.3 is 5.32 Å². The van der Waals surface area contributed by atoms with E-state index in [0.717, 1.165) is 0 Å². The molecule has 1 rings (SSSR count). The first-order chi connectivity index (χ1) is 8.60. The van der Waals surface area contributed by atoms with E-state index in [1.807, 2.05) is 0 Å². The minimum atomic E-state index is -4.60. The van der Waals surface area contributed by atoms with Crippen molar-refractivity contribution in [2.75, 3.05) is 5.32 Å². The number of ketones is 1. The van der Waals surface area contributed by atoms with Gasteiger partial charge in [0, 0.05) is 17.2 Å². The zero-order valence-electron chi connectivity index (χ0n) is 11.0. The van der Waals surface area contributed by atoms with E-state index >= 15 is 0 Å². The number of halogens is 3. The fourth-order valence-corrected chi connectivity index (χ4v) is 1.21. The van der Waals surface area contributed by atoms with Crippen LogP contribution in [-0.2, 0) is 4.79 Å². The number of rotatable bonds is 3. The van der Waals surface area contributed by atoms with Crippen molar-refractivity contribution in [2.45, 2.75) is 26.9 Å². The first-order valence-electron chi connectivity index (χ1n) is 5.76. The van der Waals surface area contributed by atoms with Crippen molar-refractivity contribution in [2.24, 2.45) is 5.41 Å². The lowest BCUT2D eigenvalue weighted by molar-refractivity contribution is -0.122. The van der Waals surface area contributed by atoms with E-state index in [4.69, 9.17) is 0 Å². The highest BCUT2D eigenvalue weighted by atomic mass is 19.4. The normalized spacial score (nSPS) is 13.3. The van der Waals surface area contributed by atoms with Gasteiger partial charge in [-0.2, -0.15) is 13.2 Å². The summed E-state index contributed by atoms with van der Waals surface area (Å²) in [5, 5.41) is 2.24. The van der Waals surface area contributed by atoms with E-state index in [9.17, 15) is 18.0 Å². The van der Waals surface area contributed by atoms with Gasteiger partial charge in [0.15, 0.2) is 5.78 Å². The van der Waals surface area contributed by atoms with Crippen LogP contribution < -0.4 is 5.32 Å². The molecule has 5 heteroatoms. The van der Waals surface area contributed by atoms with Crippen LogP contribution in [-0.4, -0.2) is 12.0 Å². The molecule has 104 valence electrons. The van der Waals surface area contributed by atoms with Crippen molar-refractivity contribution in [3.63, 3.8) is 0 Å². The number of hydrogen-bond acceptors (Lipinski definition) is 2. The van der Waals surface area contributed by atoms with Gasteiger partial charge in [0.05, 0.1) is 0 Å². The summed E-state index contributed by atoms with van der Waals surface area (Å²) in [5.41, 5.74) is -1.62. The lowest BCUT2D eigenvalue weighted by atomic mass is 9.90. The van der Waals surface area contributed by atoms with Crippen LogP contribution in [0.4, 0.5) is 18.9 Å². The molecule has 2 nitrogen and oxygen atoms in total. The molecule has 0 spiro atoms. The molecule has 0 saturated carbocycles. The maximum atomic E-state index is 12.9. The molecule has 0 bridgehead atoms. The summed E-state index contributed by atoms with van der Waals surface area (Å²) in [6.07, 6.45) is -3.98. The number of alkyl halides is 3. The Balaban J connectivity index is 3.04. The second-order valence-electron chi connectivity index (χ2n) is 5.16. The lowest BCUT2D eigenvalue weighted by Crippen LogP contribution is -2.24. The molecular weight excluding hydrogens is 255 g/mol. The third-order valence-electron chi connectivity index (χ3n) is 2.37. The number of nitrogens with one attached hydrogen (secondary N) is 1. The Morgan fingerprint density at radius 2 is 1.63 bits per heavy atom. The monoisotopic (exact) mass is 271 g/mol. The topological polar surface area (TPSA) is 29.1 Å². The van der Waals surface area contributed by atoms with Gasteiger partial charge in [0.1, 0.15) is 5.70 Å². The standard InChI is InChI=1S/C14H16F3NO/c1-13(2,3)12(19)9-11(14(15,16)17)18-10-7-5-4-6-8-10/h4-9,18H,1-3H3/b11-9+. The Labute approximate surface area is 110 Å². The van der Waals surface area contributed by atoms with Gasteiger partial charge in [0.25, 0.3) is 0 Å². The zero-order chi connectivity index (χ0) is 14.7. The molecule has 0 atom stereocenters. The number of benzene rings is 1.